The molecule has 0 aliphatic heterocycles. The van der Waals surface area contributed by atoms with E-state index in [4.69, 9.17) is 4.98 Å². The van der Waals surface area contributed by atoms with Crippen LogP contribution in [0.3, 0.4) is 0 Å². The van der Waals surface area contributed by atoms with Crippen LogP contribution in [0.5, 0.6) is 0 Å². The Hall–Kier alpha value is -2.74. The van der Waals surface area contributed by atoms with Crippen molar-refractivity contribution in [1.29, 1.82) is 0 Å². The molecule has 0 fully saturated rings. The minimum absolute atomic E-state index is 0. The van der Waals surface area contributed by atoms with Crippen molar-refractivity contribution < 1.29 is 63.9 Å². The van der Waals surface area contributed by atoms with Crippen molar-refractivity contribution in [2.24, 2.45) is 0 Å². The molecule has 0 atom stereocenters. The first-order valence-corrected chi connectivity index (χ1v) is 9.49. The fourth-order valence-electron chi connectivity index (χ4n) is 3.72. The summed E-state index contributed by atoms with van der Waals surface area (Å²) >= 11 is 0. The number of para-hydroxylation sites is 4. The van der Waals surface area contributed by atoms with E-state index in [2.05, 4.69) is 9.97 Å². The summed E-state index contributed by atoms with van der Waals surface area (Å²) in [5.74, 6) is 0.607. The molecule has 2 aromatic carbocycles. The zero-order valence-electron chi connectivity index (χ0n) is 17.9. The van der Waals surface area contributed by atoms with Gasteiger partial charge in [-0.15, -0.1) is 0 Å². The number of imidazole rings is 2. The minimum Gasteiger partial charge on any atom is -1.00 e. The number of nitrogens with zero attached hydrogens (tertiary/aromatic N) is 5. The van der Waals surface area contributed by atoms with Gasteiger partial charge in [-0.1, -0.05) is 30.3 Å². The van der Waals surface area contributed by atoms with Gasteiger partial charge < -0.3 is 37.2 Å². The maximum Gasteiger partial charge on any atom is 3.00 e. The molecule has 175 valence electrons. The number of hydrogen-bond donors (Lipinski definition) is 0. The van der Waals surface area contributed by atoms with Gasteiger partial charge in [0.25, 0.3) is 0 Å². The van der Waals surface area contributed by atoms with Crippen molar-refractivity contribution in [2.75, 3.05) is 0 Å². The first-order valence-electron chi connectivity index (χ1n) is 9.49. The standard InChI is InChI=1S/C23H17N5O2.3ClH.Fe/c1-14(29)27-20-12-5-3-8-16(20)25-22(27)18-10-7-11-19(24-18)23-26-17-9-4-6-13-21(17)28(23)15(2)30;;;;/h3-13H,1-2H3;3*1H;/q;;;;+3/p-3. The Balaban J connectivity index is 0.00000144. The van der Waals surface area contributed by atoms with Gasteiger partial charge in [-0.2, -0.15) is 0 Å². The number of fused-ring (bicyclic) bond motifs is 2. The Bertz CT molecular complexity index is 1380. The average molecular weight is 558 g/mol. The molecule has 1 radical (unpaired) electrons. The normalized spacial score (nSPS) is 9.94. The van der Waals surface area contributed by atoms with Gasteiger partial charge in [-0.05, 0) is 36.4 Å². The van der Waals surface area contributed by atoms with E-state index < -0.39 is 0 Å². The Labute approximate surface area is 224 Å². The third-order valence-electron chi connectivity index (χ3n) is 4.96. The molecular formula is C23H17Cl3FeN5O2. The second-order valence-electron chi connectivity index (χ2n) is 6.97. The number of hydrogen-bond acceptors (Lipinski definition) is 5. The Morgan fingerprint density at radius 3 is 1.35 bits per heavy atom. The fourth-order valence-corrected chi connectivity index (χ4v) is 3.72. The summed E-state index contributed by atoms with van der Waals surface area (Å²) in [6, 6.07) is 20.3. The first kappa shape index (κ1) is 29.3. The van der Waals surface area contributed by atoms with Crippen LogP contribution in [0.25, 0.3) is 45.1 Å². The van der Waals surface area contributed by atoms with Crippen LogP contribution in [0.4, 0.5) is 0 Å². The van der Waals surface area contributed by atoms with E-state index in [1.807, 2.05) is 54.6 Å². The zero-order chi connectivity index (χ0) is 20.8. The SMILES string of the molecule is CC(=O)n1c(-c2cccc(-c3nc4ccccc4n3C(C)=O)n2)nc2ccccc21.[Cl-].[Cl-].[Cl-].[Fe+3]. The average Bonchev–Trinajstić information content (AvgIpc) is 3.33. The number of benzene rings is 2. The predicted molar refractivity (Wildman–Crippen MR) is 114 cm³/mol. The Morgan fingerprint density at radius 1 is 0.588 bits per heavy atom. The van der Waals surface area contributed by atoms with E-state index in [0.29, 0.717) is 34.1 Å². The van der Waals surface area contributed by atoms with E-state index in [1.165, 1.54) is 13.8 Å². The van der Waals surface area contributed by atoms with Crippen LogP contribution < -0.4 is 37.2 Å². The molecule has 34 heavy (non-hydrogen) atoms. The van der Waals surface area contributed by atoms with Crippen molar-refractivity contribution in [3.63, 3.8) is 0 Å². The number of halogens is 3. The summed E-state index contributed by atoms with van der Waals surface area (Å²) < 4.78 is 3.10. The number of aromatic nitrogens is 5. The van der Waals surface area contributed by atoms with Crippen LogP contribution in [0, 0.1) is 0 Å². The maximum atomic E-state index is 12.4. The second kappa shape index (κ2) is 11.6. The van der Waals surface area contributed by atoms with Gasteiger partial charge in [0.2, 0.25) is 11.8 Å². The van der Waals surface area contributed by atoms with E-state index >= 15 is 0 Å². The van der Waals surface area contributed by atoms with Crippen LogP contribution in [-0.4, -0.2) is 35.9 Å². The van der Waals surface area contributed by atoms with E-state index in [1.54, 1.807) is 21.3 Å². The Kier molecular flexibility index (Phi) is 9.99. The number of rotatable bonds is 2. The topological polar surface area (TPSA) is 82.7 Å². The number of pyridine rings is 1. The van der Waals surface area contributed by atoms with Gasteiger partial charge in [-0.25, -0.2) is 15.0 Å². The van der Waals surface area contributed by atoms with Crippen LogP contribution in [0.2, 0.25) is 0 Å². The van der Waals surface area contributed by atoms with Crippen LogP contribution >= 0.6 is 0 Å². The van der Waals surface area contributed by atoms with Crippen molar-refractivity contribution in [1.82, 2.24) is 24.1 Å². The van der Waals surface area contributed by atoms with Gasteiger partial charge in [0.1, 0.15) is 11.4 Å². The molecule has 5 rings (SSSR count). The van der Waals surface area contributed by atoms with Crippen molar-refractivity contribution >= 4 is 33.9 Å². The van der Waals surface area contributed by atoms with Crippen LogP contribution in [-0.2, 0) is 17.1 Å². The summed E-state index contributed by atoms with van der Waals surface area (Å²) in [6.07, 6.45) is 0. The molecule has 0 aliphatic carbocycles. The summed E-state index contributed by atoms with van der Waals surface area (Å²) in [4.78, 5) is 38.7. The van der Waals surface area contributed by atoms with E-state index in [-0.39, 0.29) is 66.1 Å². The summed E-state index contributed by atoms with van der Waals surface area (Å²) in [6.45, 7) is 2.99. The molecule has 0 saturated carbocycles. The smallest absolute Gasteiger partial charge is 1.00 e. The van der Waals surface area contributed by atoms with Crippen molar-refractivity contribution in [3.05, 3.63) is 66.7 Å². The number of carbonyl (C=O) groups is 2. The molecule has 3 heterocycles. The third kappa shape index (κ3) is 4.87. The largest absolute Gasteiger partial charge is 3.00 e. The van der Waals surface area contributed by atoms with Gasteiger partial charge >= 0.3 is 17.1 Å². The predicted octanol–water partition coefficient (Wildman–Crippen LogP) is -4.56. The van der Waals surface area contributed by atoms with Crippen molar-refractivity contribution in [3.8, 4) is 23.0 Å². The summed E-state index contributed by atoms with van der Waals surface area (Å²) in [5, 5.41) is 0. The zero-order valence-corrected chi connectivity index (χ0v) is 21.3. The molecule has 0 N–H and O–H groups in total. The molecule has 0 aliphatic rings. The fraction of sp³-hybridized carbons (Fsp3) is 0.0870. The molecule has 11 heteroatoms. The summed E-state index contributed by atoms with van der Waals surface area (Å²) in [7, 11) is 0. The first-order chi connectivity index (χ1) is 14.5. The maximum absolute atomic E-state index is 12.4. The minimum atomic E-state index is -0.151. The van der Waals surface area contributed by atoms with Crippen LogP contribution in [0.1, 0.15) is 23.4 Å². The van der Waals surface area contributed by atoms with Crippen molar-refractivity contribution in [2.45, 2.75) is 13.8 Å². The molecule has 0 unspecified atom stereocenters. The molecule has 3 aromatic heterocycles. The molecule has 0 bridgehead atoms. The molecule has 7 nitrogen and oxygen atoms in total. The third-order valence-corrected chi connectivity index (χ3v) is 4.96. The van der Waals surface area contributed by atoms with Gasteiger partial charge in [0.05, 0.1) is 22.1 Å². The van der Waals surface area contributed by atoms with Gasteiger partial charge in [-0.3, -0.25) is 18.7 Å². The molecule has 5 aromatic rings. The van der Waals surface area contributed by atoms with Crippen LogP contribution in [0.15, 0.2) is 66.7 Å². The Morgan fingerprint density at radius 2 is 0.971 bits per heavy atom. The number of carbonyl (C=O) groups excluding carboxylic acids is 2. The monoisotopic (exact) mass is 556 g/mol. The summed E-state index contributed by atoms with van der Waals surface area (Å²) in [5.41, 5.74) is 3.94. The van der Waals surface area contributed by atoms with E-state index in [9.17, 15) is 9.59 Å². The second-order valence-corrected chi connectivity index (χ2v) is 6.97. The van der Waals surface area contributed by atoms with Gasteiger partial charge in [0, 0.05) is 13.8 Å². The van der Waals surface area contributed by atoms with Gasteiger partial charge in [0.15, 0.2) is 11.6 Å². The molecule has 0 saturated heterocycles. The molecule has 0 spiro atoms. The molecule has 0 amide bonds. The molecular weight excluding hydrogens is 540 g/mol. The van der Waals surface area contributed by atoms with E-state index in [0.717, 1.165) is 11.0 Å². The quantitative estimate of drug-likeness (QED) is 0.204.